The number of nitrogens with one attached hydrogen (secondary N) is 1. The highest BCUT2D eigenvalue weighted by atomic mass is 16.5. The Morgan fingerprint density at radius 1 is 1.39 bits per heavy atom. The van der Waals surface area contributed by atoms with Crippen molar-refractivity contribution < 1.29 is 9.53 Å². The first-order valence-electron chi connectivity index (χ1n) is 7.39. The summed E-state index contributed by atoms with van der Waals surface area (Å²) >= 11 is 0. The van der Waals surface area contributed by atoms with E-state index in [1.54, 1.807) is 24.8 Å². The molecule has 1 N–H and O–H groups in total. The first kappa shape index (κ1) is 15.3. The van der Waals surface area contributed by atoms with E-state index >= 15 is 0 Å². The normalized spacial score (nSPS) is 17.3. The average Bonchev–Trinajstić information content (AvgIpc) is 3.06. The Kier molecular flexibility index (Phi) is 4.72. The summed E-state index contributed by atoms with van der Waals surface area (Å²) in [5, 5.41) is 3.03. The van der Waals surface area contributed by atoms with Crippen molar-refractivity contribution in [3.8, 4) is 0 Å². The number of carbonyl (C=O) groups excluding carboxylic acids is 1. The van der Waals surface area contributed by atoms with Crippen LogP contribution in [0.2, 0.25) is 0 Å². The average molecular weight is 314 g/mol. The molecule has 0 spiro atoms. The van der Waals surface area contributed by atoms with Crippen LogP contribution in [0.5, 0.6) is 0 Å². The van der Waals surface area contributed by atoms with Crippen LogP contribution in [0.1, 0.15) is 18.0 Å². The van der Waals surface area contributed by atoms with E-state index in [-0.39, 0.29) is 18.4 Å². The summed E-state index contributed by atoms with van der Waals surface area (Å²) in [7, 11) is 1.53. The molecule has 2 aromatic heterocycles. The van der Waals surface area contributed by atoms with Crippen molar-refractivity contribution in [2.75, 3.05) is 32.1 Å². The number of aromatic nitrogens is 4. The van der Waals surface area contributed by atoms with Crippen LogP contribution in [-0.4, -0.2) is 57.5 Å². The molecule has 8 heteroatoms. The SMILES string of the molecule is COCC(=O)N1CC[C@@H](c2ccnc(Nc3cnccn3)n2)C1. The molecule has 0 bridgehead atoms. The summed E-state index contributed by atoms with van der Waals surface area (Å²) in [5.74, 6) is 1.29. The first-order valence-corrected chi connectivity index (χ1v) is 7.39. The summed E-state index contributed by atoms with van der Waals surface area (Å²) in [6.07, 6.45) is 7.41. The van der Waals surface area contributed by atoms with Crippen LogP contribution >= 0.6 is 0 Å². The third kappa shape index (κ3) is 3.78. The minimum Gasteiger partial charge on any atom is -0.375 e. The van der Waals surface area contributed by atoms with Gasteiger partial charge in [0.05, 0.1) is 11.9 Å². The highest BCUT2D eigenvalue weighted by Crippen LogP contribution is 2.26. The Labute approximate surface area is 134 Å². The van der Waals surface area contributed by atoms with Crippen LogP contribution in [0.25, 0.3) is 0 Å². The Morgan fingerprint density at radius 2 is 2.30 bits per heavy atom. The largest absolute Gasteiger partial charge is 0.375 e. The van der Waals surface area contributed by atoms with Gasteiger partial charge in [-0.15, -0.1) is 0 Å². The number of nitrogens with zero attached hydrogens (tertiary/aromatic N) is 5. The molecule has 0 aliphatic carbocycles. The van der Waals surface area contributed by atoms with Gasteiger partial charge in [-0.05, 0) is 12.5 Å². The van der Waals surface area contributed by atoms with Gasteiger partial charge in [0.15, 0.2) is 5.82 Å². The minimum atomic E-state index is 0.0157. The first-order chi connectivity index (χ1) is 11.3. The molecule has 0 saturated carbocycles. The van der Waals surface area contributed by atoms with Gasteiger partial charge in [0, 0.05) is 44.7 Å². The molecule has 3 heterocycles. The highest BCUT2D eigenvalue weighted by Gasteiger charge is 2.28. The molecule has 0 aromatic carbocycles. The summed E-state index contributed by atoms with van der Waals surface area (Å²) in [6.45, 7) is 1.50. The summed E-state index contributed by atoms with van der Waals surface area (Å²) in [5.41, 5.74) is 0.916. The lowest BCUT2D eigenvalue weighted by molar-refractivity contribution is -0.134. The second kappa shape index (κ2) is 7.10. The fraction of sp³-hybridized carbons (Fsp3) is 0.400. The zero-order chi connectivity index (χ0) is 16.1. The van der Waals surface area contributed by atoms with Crippen LogP contribution in [0, 0.1) is 0 Å². The molecule has 1 aliphatic rings. The number of carbonyl (C=O) groups is 1. The van der Waals surface area contributed by atoms with Crippen molar-refractivity contribution in [2.24, 2.45) is 0 Å². The second-order valence-electron chi connectivity index (χ2n) is 5.28. The van der Waals surface area contributed by atoms with Gasteiger partial charge in [-0.2, -0.15) is 0 Å². The van der Waals surface area contributed by atoms with Gasteiger partial charge in [-0.25, -0.2) is 15.0 Å². The number of methoxy groups -OCH3 is 1. The Hall–Kier alpha value is -2.61. The summed E-state index contributed by atoms with van der Waals surface area (Å²) in [4.78, 5) is 30.5. The molecule has 1 fully saturated rings. The summed E-state index contributed by atoms with van der Waals surface area (Å²) in [6, 6.07) is 1.89. The lowest BCUT2D eigenvalue weighted by Gasteiger charge is -2.16. The molecule has 2 aromatic rings. The smallest absolute Gasteiger partial charge is 0.248 e. The molecular weight excluding hydrogens is 296 g/mol. The van der Waals surface area contributed by atoms with Gasteiger partial charge in [0.25, 0.3) is 0 Å². The quantitative estimate of drug-likeness (QED) is 0.879. The van der Waals surface area contributed by atoms with Crippen molar-refractivity contribution >= 4 is 17.7 Å². The van der Waals surface area contributed by atoms with Crippen molar-refractivity contribution in [3.63, 3.8) is 0 Å². The van der Waals surface area contributed by atoms with Crippen LogP contribution in [-0.2, 0) is 9.53 Å². The third-order valence-electron chi connectivity index (χ3n) is 3.71. The van der Waals surface area contributed by atoms with Crippen molar-refractivity contribution in [1.82, 2.24) is 24.8 Å². The standard InChI is InChI=1S/C15H18N6O2/c1-23-10-14(22)21-7-3-11(9-21)12-2-4-18-15(19-12)20-13-8-16-5-6-17-13/h2,4-6,8,11H,3,7,9-10H2,1H3,(H,17,18,19,20)/t11-/m1/s1. The number of likely N-dealkylation sites (tertiary alicyclic amines) is 1. The molecule has 0 radical (unpaired) electrons. The maximum Gasteiger partial charge on any atom is 0.248 e. The fourth-order valence-electron chi connectivity index (χ4n) is 2.58. The fourth-order valence-corrected chi connectivity index (χ4v) is 2.58. The van der Waals surface area contributed by atoms with Crippen molar-refractivity contribution in [1.29, 1.82) is 0 Å². The molecule has 3 rings (SSSR count). The van der Waals surface area contributed by atoms with Crippen molar-refractivity contribution in [3.05, 3.63) is 36.5 Å². The van der Waals surface area contributed by atoms with E-state index in [2.05, 4.69) is 25.3 Å². The Morgan fingerprint density at radius 3 is 3.09 bits per heavy atom. The molecule has 1 saturated heterocycles. The maximum atomic E-state index is 11.9. The third-order valence-corrected chi connectivity index (χ3v) is 3.71. The number of amides is 1. The van der Waals surface area contributed by atoms with Gasteiger partial charge in [0.1, 0.15) is 6.61 Å². The van der Waals surface area contributed by atoms with Gasteiger partial charge in [-0.3, -0.25) is 9.78 Å². The molecule has 1 amide bonds. The molecule has 23 heavy (non-hydrogen) atoms. The van der Waals surface area contributed by atoms with Crippen LogP contribution in [0.3, 0.4) is 0 Å². The molecule has 1 aliphatic heterocycles. The van der Waals surface area contributed by atoms with Gasteiger partial charge < -0.3 is 15.0 Å². The Balaban J connectivity index is 1.67. The molecule has 1 atom stereocenters. The second-order valence-corrected chi connectivity index (χ2v) is 5.28. The van der Waals surface area contributed by atoms with E-state index in [1.807, 2.05) is 11.0 Å². The molecule has 8 nitrogen and oxygen atoms in total. The zero-order valence-corrected chi connectivity index (χ0v) is 12.8. The number of anilines is 2. The van der Waals surface area contributed by atoms with Gasteiger partial charge in [-0.1, -0.05) is 0 Å². The Bertz CT molecular complexity index is 666. The zero-order valence-electron chi connectivity index (χ0n) is 12.8. The number of ether oxygens (including phenoxy) is 1. The van der Waals surface area contributed by atoms with Crippen molar-refractivity contribution in [2.45, 2.75) is 12.3 Å². The van der Waals surface area contributed by atoms with Gasteiger partial charge >= 0.3 is 0 Å². The topological polar surface area (TPSA) is 93.1 Å². The van der Waals surface area contributed by atoms with E-state index in [0.717, 1.165) is 18.7 Å². The van der Waals surface area contributed by atoms with Crippen LogP contribution in [0.15, 0.2) is 30.9 Å². The highest BCUT2D eigenvalue weighted by molar-refractivity contribution is 5.77. The number of hydrogen-bond donors (Lipinski definition) is 1. The lowest BCUT2D eigenvalue weighted by Crippen LogP contribution is -2.31. The van der Waals surface area contributed by atoms with E-state index in [4.69, 9.17) is 4.74 Å². The summed E-state index contributed by atoms with van der Waals surface area (Å²) < 4.78 is 4.90. The predicted molar refractivity (Wildman–Crippen MR) is 83.2 cm³/mol. The van der Waals surface area contributed by atoms with E-state index in [1.165, 1.54) is 7.11 Å². The molecule has 120 valence electrons. The number of hydrogen-bond acceptors (Lipinski definition) is 7. The lowest BCUT2D eigenvalue weighted by atomic mass is 10.1. The van der Waals surface area contributed by atoms with E-state index < -0.39 is 0 Å². The van der Waals surface area contributed by atoms with E-state index in [9.17, 15) is 4.79 Å². The van der Waals surface area contributed by atoms with Crippen LogP contribution < -0.4 is 5.32 Å². The minimum absolute atomic E-state index is 0.0157. The molecular formula is C15H18N6O2. The predicted octanol–water partition coefficient (Wildman–Crippen LogP) is 0.973. The van der Waals surface area contributed by atoms with Gasteiger partial charge in [0.2, 0.25) is 11.9 Å². The monoisotopic (exact) mass is 314 g/mol. The maximum absolute atomic E-state index is 11.9. The van der Waals surface area contributed by atoms with E-state index in [0.29, 0.717) is 18.3 Å². The molecule has 0 unspecified atom stereocenters. The number of rotatable bonds is 5. The van der Waals surface area contributed by atoms with Crippen LogP contribution in [0.4, 0.5) is 11.8 Å².